The van der Waals surface area contributed by atoms with E-state index in [4.69, 9.17) is 10.5 Å². The number of nitrogens with one attached hydrogen (secondary N) is 1. The molecule has 88 valence electrons. The maximum Gasteiger partial charge on any atom is 0.328 e. The van der Waals surface area contributed by atoms with Crippen LogP contribution in [0.1, 0.15) is 33.6 Å². The highest BCUT2D eigenvalue weighted by molar-refractivity contribution is 5.83. The normalized spacial score (nSPS) is 12.3. The standard InChI is InChI=1S/C10H20N2O3/c1-7(2)15-10(14)9(5-4-6-11)12-8(3)13/h7,9H,4-6,11H2,1-3H3,(H,12,13)/t9-/m0/s1. The summed E-state index contributed by atoms with van der Waals surface area (Å²) in [5.41, 5.74) is 5.34. The summed E-state index contributed by atoms with van der Waals surface area (Å²) in [6.45, 7) is 5.40. The van der Waals surface area contributed by atoms with E-state index in [2.05, 4.69) is 5.32 Å². The van der Waals surface area contributed by atoms with Crippen molar-refractivity contribution >= 4 is 11.9 Å². The summed E-state index contributed by atoms with van der Waals surface area (Å²) < 4.78 is 5.02. The number of rotatable bonds is 6. The Morgan fingerprint density at radius 2 is 2.00 bits per heavy atom. The maximum atomic E-state index is 11.5. The topological polar surface area (TPSA) is 81.4 Å². The predicted octanol–water partition coefficient (Wildman–Crippen LogP) is 0.182. The largest absolute Gasteiger partial charge is 0.461 e. The molecule has 0 aliphatic carbocycles. The van der Waals surface area contributed by atoms with Crippen molar-refractivity contribution in [3.05, 3.63) is 0 Å². The van der Waals surface area contributed by atoms with Gasteiger partial charge in [0.15, 0.2) is 0 Å². The minimum Gasteiger partial charge on any atom is -0.461 e. The molecule has 0 rings (SSSR count). The van der Waals surface area contributed by atoms with E-state index in [1.165, 1.54) is 6.92 Å². The van der Waals surface area contributed by atoms with Crippen molar-refractivity contribution in [2.45, 2.75) is 45.8 Å². The van der Waals surface area contributed by atoms with E-state index in [1.54, 1.807) is 13.8 Å². The molecule has 0 radical (unpaired) electrons. The zero-order chi connectivity index (χ0) is 11.8. The molecule has 5 nitrogen and oxygen atoms in total. The molecule has 0 aromatic carbocycles. The number of ether oxygens (including phenoxy) is 1. The lowest BCUT2D eigenvalue weighted by Crippen LogP contribution is -2.41. The van der Waals surface area contributed by atoms with E-state index in [0.29, 0.717) is 19.4 Å². The van der Waals surface area contributed by atoms with Crippen molar-refractivity contribution in [3.63, 3.8) is 0 Å². The summed E-state index contributed by atoms with van der Waals surface area (Å²) in [6.07, 6.45) is 1.02. The van der Waals surface area contributed by atoms with Crippen LogP contribution in [-0.4, -0.2) is 30.6 Å². The van der Waals surface area contributed by atoms with Gasteiger partial charge in [-0.25, -0.2) is 4.79 Å². The quantitative estimate of drug-likeness (QED) is 0.621. The summed E-state index contributed by atoms with van der Waals surface area (Å²) in [6, 6.07) is -0.576. The van der Waals surface area contributed by atoms with Crippen LogP contribution >= 0.6 is 0 Å². The van der Waals surface area contributed by atoms with Crippen molar-refractivity contribution < 1.29 is 14.3 Å². The van der Waals surface area contributed by atoms with E-state index in [0.717, 1.165) is 0 Å². The zero-order valence-electron chi connectivity index (χ0n) is 9.58. The van der Waals surface area contributed by atoms with Crippen molar-refractivity contribution in [1.82, 2.24) is 5.32 Å². The molecule has 1 atom stereocenters. The van der Waals surface area contributed by atoms with E-state index in [-0.39, 0.29) is 12.0 Å². The van der Waals surface area contributed by atoms with Crippen LogP contribution in [0.15, 0.2) is 0 Å². The SMILES string of the molecule is CC(=O)N[C@@H](CCCN)C(=O)OC(C)C. The van der Waals surface area contributed by atoms with Gasteiger partial charge in [-0.15, -0.1) is 0 Å². The average molecular weight is 216 g/mol. The molecule has 0 unspecified atom stereocenters. The highest BCUT2D eigenvalue weighted by Gasteiger charge is 2.20. The number of hydrogen-bond acceptors (Lipinski definition) is 4. The van der Waals surface area contributed by atoms with Gasteiger partial charge in [-0.3, -0.25) is 4.79 Å². The van der Waals surface area contributed by atoms with Crippen molar-refractivity contribution in [2.24, 2.45) is 5.73 Å². The van der Waals surface area contributed by atoms with E-state index in [1.807, 2.05) is 0 Å². The molecule has 0 fully saturated rings. The fourth-order valence-corrected chi connectivity index (χ4v) is 1.13. The molecule has 0 aliphatic heterocycles. The second-order valence-electron chi connectivity index (χ2n) is 3.67. The van der Waals surface area contributed by atoms with E-state index < -0.39 is 12.0 Å². The van der Waals surface area contributed by atoms with Crippen molar-refractivity contribution in [2.75, 3.05) is 6.54 Å². The third-order valence-corrected chi connectivity index (χ3v) is 1.71. The summed E-state index contributed by atoms with van der Waals surface area (Å²) in [5, 5.41) is 2.55. The number of amides is 1. The molecule has 0 saturated heterocycles. The third-order valence-electron chi connectivity index (χ3n) is 1.71. The second-order valence-corrected chi connectivity index (χ2v) is 3.67. The Morgan fingerprint density at radius 3 is 2.40 bits per heavy atom. The maximum absolute atomic E-state index is 11.5. The molecule has 15 heavy (non-hydrogen) atoms. The Hall–Kier alpha value is -1.10. The molecule has 5 heteroatoms. The molecule has 0 aliphatic rings. The number of nitrogens with two attached hydrogens (primary N) is 1. The highest BCUT2D eigenvalue weighted by atomic mass is 16.5. The average Bonchev–Trinajstić information content (AvgIpc) is 2.10. The fraction of sp³-hybridized carbons (Fsp3) is 0.800. The lowest BCUT2D eigenvalue weighted by Gasteiger charge is -2.17. The number of carbonyl (C=O) groups excluding carboxylic acids is 2. The second kappa shape index (κ2) is 7.23. The van der Waals surface area contributed by atoms with E-state index in [9.17, 15) is 9.59 Å². The van der Waals surface area contributed by atoms with Crippen LogP contribution < -0.4 is 11.1 Å². The number of hydrogen-bond donors (Lipinski definition) is 2. The molecule has 0 bridgehead atoms. The monoisotopic (exact) mass is 216 g/mol. The fourth-order valence-electron chi connectivity index (χ4n) is 1.13. The predicted molar refractivity (Wildman–Crippen MR) is 57.1 cm³/mol. The molecular formula is C10H20N2O3. The van der Waals surface area contributed by atoms with Crippen LogP contribution in [-0.2, 0) is 14.3 Å². The van der Waals surface area contributed by atoms with Crippen LogP contribution in [0.25, 0.3) is 0 Å². The van der Waals surface area contributed by atoms with Gasteiger partial charge in [0.25, 0.3) is 0 Å². The highest BCUT2D eigenvalue weighted by Crippen LogP contribution is 2.01. The first kappa shape index (κ1) is 13.9. The summed E-state index contributed by atoms with van der Waals surface area (Å²) in [4.78, 5) is 22.4. The van der Waals surface area contributed by atoms with Crippen LogP contribution in [0.5, 0.6) is 0 Å². The van der Waals surface area contributed by atoms with Crippen LogP contribution in [0, 0.1) is 0 Å². The first-order valence-corrected chi connectivity index (χ1v) is 5.15. The Balaban J connectivity index is 4.20. The van der Waals surface area contributed by atoms with Gasteiger partial charge in [0.1, 0.15) is 6.04 Å². The minimum absolute atomic E-state index is 0.174. The van der Waals surface area contributed by atoms with Gasteiger partial charge < -0.3 is 15.8 Å². The van der Waals surface area contributed by atoms with Gasteiger partial charge in [0.05, 0.1) is 6.10 Å². The molecule has 0 aromatic rings. The van der Waals surface area contributed by atoms with Crippen LogP contribution in [0.3, 0.4) is 0 Å². The van der Waals surface area contributed by atoms with E-state index >= 15 is 0 Å². The molecule has 0 aromatic heterocycles. The molecule has 1 amide bonds. The van der Waals surface area contributed by atoms with Gasteiger partial charge in [0, 0.05) is 6.92 Å². The first-order chi connectivity index (χ1) is 6.97. The zero-order valence-corrected chi connectivity index (χ0v) is 9.58. The van der Waals surface area contributed by atoms with Crippen molar-refractivity contribution in [1.29, 1.82) is 0 Å². The first-order valence-electron chi connectivity index (χ1n) is 5.15. The smallest absolute Gasteiger partial charge is 0.328 e. The van der Waals surface area contributed by atoms with Gasteiger partial charge >= 0.3 is 5.97 Å². The summed E-state index contributed by atoms with van der Waals surface area (Å²) >= 11 is 0. The lowest BCUT2D eigenvalue weighted by atomic mass is 10.1. The Labute approximate surface area is 90.4 Å². The van der Waals surface area contributed by atoms with Crippen molar-refractivity contribution in [3.8, 4) is 0 Å². The number of esters is 1. The van der Waals surface area contributed by atoms with Gasteiger partial charge in [-0.05, 0) is 33.2 Å². The Morgan fingerprint density at radius 1 is 1.40 bits per heavy atom. The molecular weight excluding hydrogens is 196 g/mol. The van der Waals surface area contributed by atoms with Gasteiger partial charge in [-0.1, -0.05) is 0 Å². The molecule has 0 spiro atoms. The Kier molecular flexibility index (Phi) is 6.70. The van der Waals surface area contributed by atoms with Crippen LogP contribution in [0.4, 0.5) is 0 Å². The Bertz CT molecular complexity index is 217. The molecule has 0 saturated carbocycles. The summed E-state index contributed by atoms with van der Waals surface area (Å²) in [5.74, 6) is -0.633. The van der Waals surface area contributed by atoms with Gasteiger partial charge in [-0.2, -0.15) is 0 Å². The third kappa shape index (κ3) is 6.90. The minimum atomic E-state index is -0.576. The number of carbonyl (C=O) groups is 2. The van der Waals surface area contributed by atoms with Crippen LogP contribution in [0.2, 0.25) is 0 Å². The molecule has 3 N–H and O–H groups in total. The summed E-state index contributed by atoms with van der Waals surface area (Å²) in [7, 11) is 0. The lowest BCUT2D eigenvalue weighted by molar-refractivity contribution is -0.151. The molecule has 0 heterocycles. The van der Waals surface area contributed by atoms with Gasteiger partial charge in [0.2, 0.25) is 5.91 Å².